The monoisotopic (exact) mass is 391 g/mol. The maximum Gasteiger partial charge on any atom is 0.326 e. The van der Waals surface area contributed by atoms with Gasteiger partial charge in [0.05, 0.1) is 0 Å². The van der Waals surface area contributed by atoms with E-state index in [2.05, 4.69) is 16.0 Å². The number of carboxylic acid groups (broad SMARTS) is 1. The molecule has 8 heteroatoms. The molecule has 0 saturated heterocycles. The Morgan fingerprint density at radius 3 is 2.00 bits per heavy atom. The highest BCUT2D eigenvalue weighted by Gasteiger charge is 2.27. The van der Waals surface area contributed by atoms with Crippen LogP contribution in [0.1, 0.15) is 39.7 Å². The van der Waals surface area contributed by atoms with Gasteiger partial charge >= 0.3 is 5.97 Å². The molecule has 154 valence electrons. The van der Waals surface area contributed by atoms with Gasteiger partial charge in [0.15, 0.2) is 0 Å². The first-order chi connectivity index (χ1) is 13.1. The number of carbonyl (C=O) groups is 4. The quantitative estimate of drug-likeness (QED) is 0.471. The third kappa shape index (κ3) is 8.20. The van der Waals surface area contributed by atoms with Crippen LogP contribution in [0.5, 0.6) is 0 Å². The second-order valence-electron chi connectivity index (χ2n) is 7.20. The van der Waals surface area contributed by atoms with E-state index in [9.17, 15) is 24.3 Å². The van der Waals surface area contributed by atoms with Crippen molar-refractivity contribution in [1.82, 2.24) is 16.0 Å². The van der Waals surface area contributed by atoms with Crippen molar-refractivity contribution < 1.29 is 24.3 Å². The van der Waals surface area contributed by atoms with Gasteiger partial charge < -0.3 is 21.1 Å². The summed E-state index contributed by atoms with van der Waals surface area (Å²) in [5, 5.41) is 16.9. The van der Waals surface area contributed by atoms with Crippen LogP contribution in [-0.4, -0.2) is 46.9 Å². The standard InChI is InChI=1S/C20H29N3O5/c1-12(2)10-16(22-14(4)24)19(26)21-13(3)18(25)23-17(20(27)28)11-15-8-6-5-7-9-15/h5-9,12-13,16-17H,10-11H2,1-4H3,(H,21,26)(H,22,24)(H,23,25)(H,27,28)/t13-,16-,17-/m0/s1. The minimum absolute atomic E-state index is 0.129. The molecule has 0 bridgehead atoms. The molecular weight excluding hydrogens is 362 g/mol. The molecule has 1 aromatic rings. The van der Waals surface area contributed by atoms with Crippen molar-refractivity contribution >= 4 is 23.7 Å². The van der Waals surface area contributed by atoms with E-state index in [1.807, 2.05) is 19.9 Å². The fraction of sp³-hybridized carbons (Fsp3) is 0.500. The van der Waals surface area contributed by atoms with Gasteiger partial charge in [0.25, 0.3) is 0 Å². The minimum Gasteiger partial charge on any atom is -0.480 e. The fourth-order valence-corrected chi connectivity index (χ4v) is 2.67. The molecule has 0 spiro atoms. The molecule has 0 aliphatic carbocycles. The topological polar surface area (TPSA) is 125 Å². The van der Waals surface area contributed by atoms with Gasteiger partial charge in [0.2, 0.25) is 17.7 Å². The number of aliphatic carboxylic acids is 1. The van der Waals surface area contributed by atoms with Crippen LogP contribution in [0.2, 0.25) is 0 Å². The third-order valence-corrected chi connectivity index (χ3v) is 4.05. The van der Waals surface area contributed by atoms with Crippen molar-refractivity contribution in [2.24, 2.45) is 5.92 Å². The van der Waals surface area contributed by atoms with Gasteiger partial charge in [-0.2, -0.15) is 0 Å². The molecule has 3 amide bonds. The predicted molar refractivity (Wildman–Crippen MR) is 104 cm³/mol. The Kier molecular flexibility index (Phi) is 9.14. The Hall–Kier alpha value is -2.90. The summed E-state index contributed by atoms with van der Waals surface area (Å²) in [5.41, 5.74) is 0.773. The number of carbonyl (C=O) groups excluding carboxylic acids is 3. The van der Waals surface area contributed by atoms with Gasteiger partial charge in [-0.3, -0.25) is 14.4 Å². The molecule has 0 saturated carbocycles. The van der Waals surface area contributed by atoms with Crippen LogP contribution < -0.4 is 16.0 Å². The van der Waals surface area contributed by atoms with Crippen molar-refractivity contribution in [3.05, 3.63) is 35.9 Å². The first-order valence-electron chi connectivity index (χ1n) is 9.24. The third-order valence-electron chi connectivity index (χ3n) is 4.05. The number of hydrogen-bond acceptors (Lipinski definition) is 4. The lowest BCUT2D eigenvalue weighted by Gasteiger charge is -2.23. The summed E-state index contributed by atoms with van der Waals surface area (Å²) < 4.78 is 0. The van der Waals surface area contributed by atoms with E-state index in [0.717, 1.165) is 5.56 Å². The number of amides is 3. The summed E-state index contributed by atoms with van der Waals surface area (Å²) in [4.78, 5) is 47.6. The lowest BCUT2D eigenvalue weighted by molar-refractivity contribution is -0.142. The summed E-state index contributed by atoms with van der Waals surface area (Å²) in [6, 6.07) is 6.12. The summed E-state index contributed by atoms with van der Waals surface area (Å²) in [7, 11) is 0. The summed E-state index contributed by atoms with van der Waals surface area (Å²) >= 11 is 0. The molecule has 28 heavy (non-hydrogen) atoms. The SMILES string of the molecule is CC(=O)N[C@@H](CC(C)C)C(=O)N[C@@H](C)C(=O)N[C@@H](Cc1ccccc1)C(=O)O. The predicted octanol–water partition coefficient (Wildman–Crippen LogP) is 0.854. The van der Waals surface area contributed by atoms with E-state index in [-0.39, 0.29) is 18.2 Å². The summed E-state index contributed by atoms with van der Waals surface area (Å²) in [6.45, 7) is 6.62. The number of rotatable bonds is 10. The van der Waals surface area contributed by atoms with Crippen molar-refractivity contribution in [2.75, 3.05) is 0 Å². The largest absolute Gasteiger partial charge is 0.480 e. The van der Waals surface area contributed by atoms with E-state index in [4.69, 9.17) is 0 Å². The molecule has 0 radical (unpaired) electrons. The van der Waals surface area contributed by atoms with E-state index < -0.39 is 35.9 Å². The molecule has 3 atom stereocenters. The first kappa shape index (κ1) is 23.1. The second kappa shape index (κ2) is 11.1. The molecule has 0 aromatic heterocycles. The molecule has 0 heterocycles. The maximum absolute atomic E-state index is 12.4. The average molecular weight is 391 g/mol. The van der Waals surface area contributed by atoms with Crippen LogP contribution in [0.3, 0.4) is 0 Å². The van der Waals surface area contributed by atoms with Crippen LogP contribution >= 0.6 is 0 Å². The second-order valence-corrected chi connectivity index (χ2v) is 7.20. The molecule has 0 unspecified atom stereocenters. The van der Waals surface area contributed by atoms with Crippen molar-refractivity contribution in [3.8, 4) is 0 Å². The zero-order valence-electron chi connectivity index (χ0n) is 16.7. The van der Waals surface area contributed by atoms with Gasteiger partial charge in [0, 0.05) is 13.3 Å². The van der Waals surface area contributed by atoms with E-state index in [1.54, 1.807) is 24.3 Å². The molecule has 1 aromatic carbocycles. The Bertz CT molecular complexity index is 690. The maximum atomic E-state index is 12.4. The van der Waals surface area contributed by atoms with E-state index in [1.165, 1.54) is 13.8 Å². The molecule has 8 nitrogen and oxygen atoms in total. The Morgan fingerprint density at radius 2 is 1.50 bits per heavy atom. The number of benzene rings is 1. The molecule has 0 fully saturated rings. The fourth-order valence-electron chi connectivity index (χ4n) is 2.67. The Balaban J connectivity index is 2.71. The molecule has 1 rings (SSSR count). The summed E-state index contributed by atoms with van der Waals surface area (Å²) in [6.07, 6.45) is 0.552. The van der Waals surface area contributed by atoms with E-state index in [0.29, 0.717) is 6.42 Å². The van der Waals surface area contributed by atoms with Crippen molar-refractivity contribution in [3.63, 3.8) is 0 Å². The van der Waals surface area contributed by atoms with Crippen LogP contribution in [0.25, 0.3) is 0 Å². The molecule has 0 aliphatic heterocycles. The highest BCUT2D eigenvalue weighted by atomic mass is 16.4. The van der Waals surface area contributed by atoms with Gasteiger partial charge in [-0.1, -0.05) is 44.2 Å². The number of carboxylic acids is 1. The number of hydrogen-bond donors (Lipinski definition) is 4. The molecule has 0 aliphatic rings. The highest BCUT2D eigenvalue weighted by Crippen LogP contribution is 2.06. The average Bonchev–Trinajstić information content (AvgIpc) is 2.60. The van der Waals surface area contributed by atoms with Gasteiger partial charge in [-0.15, -0.1) is 0 Å². The van der Waals surface area contributed by atoms with Gasteiger partial charge in [-0.25, -0.2) is 4.79 Å². The van der Waals surface area contributed by atoms with Crippen LogP contribution in [0.15, 0.2) is 30.3 Å². The molecule has 4 N–H and O–H groups in total. The Labute approximate surface area is 165 Å². The smallest absolute Gasteiger partial charge is 0.326 e. The zero-order chi connectivity index (χ0) is 21.3. The Morgan fingerprint density at radius 1 is 0.893 bits per heavy atom. The van der Waals surface area contributed by atoms with Gasteiger partial charge in [-0.05, 0) is 24.8 Å². The lowest BCUT2D eigenvalue weighted by atomic mass is 10.0. The minimum atomic E-state index is -1.16. The highest BCUT2D eigenvalue weighted by molar-refractivity contribution is 5.93. The van der Waals surface area contributed by atoms with Crippen LogP contribution in [0.4, 0.5) is 0 Å². The van der Waals surface area contributed by atoms with Crippen molar-refractivity contribution in [1.29, 1.82) is 0 Å². The number of nitrogens with one attached hydrogen (secondary N) is 3. The van der Waals surface area contributed by atoms with E-state index >= 15 is 0 Å². The zero-order valence-corrected chi connectivity index (χ0v) is 16.7. The summed E-state index contributed by atoms with van der Waals surface area (Å²) in [5.74, 6) is -2.43. The normalized spacial score (nSPS) is 13.9. The van der Waals surface area contributed by atoms with Gasteiger partial charge in [0.1, 0.15) is 18.1 Å². The van der Waals surface area contributed by atoms with Crippen LogP contribution in [-0.2, 0) is 25.6 Å². The lowest BCUT2D eigenvalue weighted by Crippen LogP contribution is -2.55. The van der Waals surface area contributed by atoms with Crippen LogP contribution in [0, 0.1) is 5.92 Å². The van der Waals surface area contributed by atoms with Crippen molar-refractivity contribution in [2.45, 2.75) is 58.7 Å². The molecular formula is C20H29N3O5. The first-order valence-corrected chi connectivity index (χ1v) is 9.24.